The lowest BCUT2D eigenvalue weighted by molar-refractivity contribution is -0.140. The summed E-state index contributed by atoms with van der Waals surface area (Å²) in [5.74, 6) is -0.701. The molecule has 0 unspecified atom stereocenters. The minimum atomic E-state index is -0.648. The molecule has 1 amide bonds. The maximum Gasteiger partial charge on any atom is 0.295 e. The van der Waals surface area contributed by atoms with Crippen LogP contribution in [0.25, 0.3) is 5.76 Å². The lowest BCUT2D eigenvalue weighted by Crippen LogP contribution is -2.42. The average molecular weight is 457 g/mol. The van der Waals surface area contributed by atoms with Gasteiger partial charge in [0.1, 0.15) is 11.5 Å². The van der Waals surface area contributed by atoms with E-state index in [-0.39, 0.29) is 17.4 Å². The van der Waals surface area contributed by atoms with Gasteiger partial charge in [-0.1, -0.05) is 6.07 Å². The van der Waals surface area contributed by atoms with Crippen LogP contribution < -0.4 is 4.74 Å². The summed E-state index contributed by atoms with van der Waals surface area (Å²) < 4.78 is 11.1. The van der Waals surface area contributed by atoms with Crippen molar-refractivity contribution < 1.29 is 24.2 Å². The molecule has 0 bridgehead atoms. The van der Waals surface area contributed by atoms with Crippen molar-refractivity contribution in [1.82, 2.24) is 9.80 Å². The monoisotopic (exact) mass is 456 g/mol. The summed E-state index contributed by atoms with van der Waals surface area (Å²) in [6.07, 6.45) is 0.0325. The van der Waals surface area contributed by atoms with Crippen molar-refractivity contribution in [3.05, 3.63) is 57.8 Å². The standard InChI is InChI=1S/C24H28N2O5S/c1-16(2)31-18-7-5-17(6-8-18)22(27)20-21(19-4-3-15-32-19)26(24(29)23(20)28)10-9-25-11-13-30-14-12-25/h3-8,15-16,21,27H,9-14H2,1-2H3/b22-20+/t21-/m1/s1. The van der Waals surface area contributed by atoms with Crippen LogP contribution in [0.1, 0.15) is 30.3 Å². The van der Waals surface area contributed by atoms with Gasteiger partial charge in [-0.2, -0.15) is 0 Å². The molecule has 0 spiro atoms. The van der Waals surface area contributed by atoms with Crippen LogP contribution in [0.3, 0.4) is 0 Å². The number of benzene rings is 1. The molecular formula is C24H28N2O5S. The summed E-state index contributed by atoms with van der Waals surface area (Å²) in [6.45, 7) is 7.88. The number of likely N-dealkylation sites (tertiary alicyclic amines) is 1. The minimum absolute atomic E-state index is 0.0325. The Morgan fingerprint density at radius 2 is 1.88 bits per heavy atom. The number of rotatable bonds is 7. The van der Waals surface area contributed by atoms with Crippen molar-refractivity contribution in [3.8, 4) is 5.75 Å². The number of ketones is 1. The smallest absolute Gasteiger partial charge is 0.295 e. The van der Waals surface area contributed by atoms with Crippen LogP contribution >= 0.6 is 11.3 Å². The zero-order valence-corrected chi connectivity index (χ0v) is 19.1. The largest absolute Gasteiger partial charge is 0.507 e. The second kappa shape index (κ2) is 9.85. The predicted octanol–water partition coefficient (Wildman–Crippen LogP) is 3.29. The topological polar surface area (TPSA) is 79.3 Å². The van der Waals surface area contributed by atoms with E-state index in [1.165, 1.54) is 11.3 Å². The Morgan fingerprint density at radius 3 is 2.50 bits per heavy atom. The van der Waals surface area contributed by atoms with E-state index < -0.39 is 17.7 Å². The highest BCUT2D eigenvalue weighted by atomic mass is 32.1. The molecule has 0 radical (unpaired) electrons. The van der Waals surface area contributed by atoms with Crippen molar-refractivity contribution in [3.63, 3.8) is 0 Å². The fourth-order valence-electron chi connectivity index (χ4n) is 4.05. The number of hydrogen-bond acceptors (Lipinski definition) is 7. The first-order valence-corrected chi connectivity index (χ1v) is 11.7. The Bertz CT molecular complexity index is 978. The van der Waals surface area contributed by atoms with Crippen LogP contribution in [0, 0.1) is 0 Å². The number of thiophene rings is 1. The van der Waals surface area contributed by atoms with Gasteiger partial charge in [0.15, 0.2) is 0 Å². The Labute approximate surface area is 191 Å². The molecule has 8 heteroatoms. The van der Waals surface area contributed by atoms with Gasteiger partial charge in [-0.15, -0.1) is 11.3 Å². The molecule has 2 aliphatic heterocycles. The van der Waals surface area contributed by atoms with Gasteiger partial charge in [-0.25, -0.2) is 0 Å². The van der Waals surface area contributed by atoms with Gasteiger partial charge in [0.2, 0.25) is 0 Å². The second-order valence-corrected chi connectivity index (χ2v) is 9.13. The van der Waals surface area contributed by atoms with Gasteiger partial charge < -0.3 is 19.5 Å². The first kappa shape index (κ1) is 22.5. The molecule has 2 saturated heterocycles. The van der Waals surface area contributed by atoms with Gasteiger partial charge in [-0.05, 0) is 49.6 Å². The number of carbonyl (C=O) groups excluding carboxylic acids is 2. The molecular weight excluding hydrogens is 428 g/mol. The Morgan fingerprint density at radius 1 is 1.16 bits per heavy atom. The highest BCUT2D eigenvalue weighted by molar-refractivity contribution is 7.10. The molecule has 0 saturated carbocycles. The van der Waals surface area contributed by atoms with Crippen LogP contribution in [0.5, 0.6) is 5.75 Å². The van der Waals surface area contributed by atoms with Crippen molar-refractivity contribution in [2.45, 2.75) is 26.0 Å². The number of nitrogens with zero attached hydrogens (tertiary/aromatic N) is 2. The molecule has 32 heavy (non-hydrogen) atoms. The number of Topliss-reactive ketones (excluding diaryl/α,β-unsaturated/α-hetero) is 1. The van der Waals surface area contributed by atoms with E-state index in [4.69, 9.17) is 9.47 Å². The summed E-state index contributed by atoms with van der Waals surface area (Å²) in [5.41, 5.74) is 0.616. The molecule has 1 atom stereocenters. The van der Waals surface area contributed by atoms with Crippen molar-refractivity contribution in [2.75, 3.05) is 39.4 Å². The first-order valence-electron chi connectivity index (χ1n) is 10.8. The van der Waals surface area contributed by atoms with E-state index >= 15 is 0 Å². The Kier molecular flexibility index (Phi) is 6.93. The molecule has 2 aliphatic rings. The normalized spacial score (nSPS) is 21.5. The lowest BCUT2D eigenvalue weighted by atomic mass is 10.00. The molecule has 1 aromatic heterocycles. The fraction of sp³-hybridized carbons (Fsp3) is 0.417. The van der Waals surface area contributed by atoms with Crippen LogP contribution in [-0.2, 0) is 14.3 Å². The van der Waals surface area contributed by atoms with Crippen LogP contribution in [0.2, 0.25) is 0 Å². The highest BCUT2D eigenvalue weighted by Crippen LogP contribution is 2.41. The highest BCUT2D eigenvalue weighted by Gasteiger charge is 2.46. The van der Waals surface area contributed by atoms with Gasteiger partial charge in [0.25, 0.3) is 11.7 Å². The third-order valence-corrected chi connectivity index (χ3v) is 6.54. The summed E-state index contributed by atoms with van der Waals surface area (Å²) in [6, 6.07) is 10.1. The lowest BCUT2D eigenvalue weighted by Gasteiger charge is -2.30. The number of aliphatic hydroxyl groups excluding tert-OH is 1. The zero-order valence-electron chi connectivity index (χ0n) is 18.3. The molecule has 170 valence electrons. The van der Waals surface area contributed by atoms with Crippen LogP contribution in [0.4, 0.5) is 0 Å². The van der Waals surface area contributed by atoms with E-state index in [9.17, 15) is 14.7 Å². The summed E-state index contributed by atoms with van der Waals surface area (Å²) in [5, 5.41) is 13.0. The number of hydrogen-bond donors (Lipinski definition) is 1. The third kappa shape index (κ3) is 4.72. The quantitative estimate of drug-likeness (QED) is 0.391. The molecule has 4 rings (SSSR count). The maximum atomic E-state index is 13.0. The summed E-state index contributed by atoms with van der Waals surface area (Å²) >= 11 is 1.47. The molecule has 3 heterocycles. The van der Waals surface area contributed by atoms with Gasteiger partial charge in [0.05, 0.1) is 30.9 Å². The van der Waals surface area contributed by atoms with E-state index in [0.29, 0.717) is 37.6 Å². The van der Waals surface area contributed by atoms with Crippen molar-refractivity contribution in [2.24, 2.45) is 0 Å². The van der Waals surface area contributed by atoms with Crippen LogP contribution in [-0.4, -0.2) is 72.1 Å². The Hall–Kier alpha value is -2.68. The summed E-state index contributed by atoms with van der Waals surface area (Å²) in [7, 11) is 0. The first-order chi connectivity index (χ1) is 15.5. The SMILES string of the molecule is CC(C)Oc1ccc(/C(O)=C2\C(=O)C(=O)N(CCN3CCOCC3)[C@@H]2c2cccs2)cc1. The van der Waals surface area contributed by atoms with E-state index in [1.807, 2.05) is 31.4 Å². The summed E-state index contributed by atoms with van der Waals surface area (Å²) in [4.78, 5) is 30.7. The zero-order chi connectivity index (χ0) is 22.7. The van der Waals surface area contributed by atoms with E-state index in [0.717, 1.165) is 18.0 Å². The predicted molar refractivity (Wildman–Crippen MR) is 123 cm³/mol. The minimum Gasteiger partial charge on any atom is -0.507 e. The average Bonchev–Trinajstić information content (AvgIpc) is 3.40. The van der Waals surface area contributed by atoms with Crippen molar-refractivity contribution in [1.29, 1.82) is 0 Å². The third-order valence-electron chi connectivity index (χ3n) is 5.61. The molecule has 2 fully saturated rings. The maximum absolute atomic E-state index is 13.0. The number of aliphatic hydroxyl groups is 1. The molecule has 2 aromatic rings. The molecule has 1 N–H and O–H groups in total. The molecule has 0 aliphatic carbocycles. The number of ether oxygens (including phenoxy) is 2. The number of morpholine rings is 1. The van der Waals surface area contributed by atoms with Crippen molar-refractivity contribution >= 4 is 28.8 Å². The number of amides is 1. The van der Waals surface area contributed by atoms with Crippen LogP contribution in [0.15, 0.2) is 47.4 Å². The van der Waals surface area contributed by atoms with E-state index in [1.54, 1.807) is 29.2 Å². The second-order valence-electron chi connectivity index (χ2n) is 8.15. The molecule has 7 nitrogen and oxygen atoms in total. The fourth-order valence-corrected chi connectivity index (χ4v) is 4.89. The number of carbonyl (C=O) groups is 2. The van der Waals surface area contributed by atoms with Gasteiger partial charge >= 0.3 is 0 Å². The van der Waals surface area contributed by atoms with Gasteiger partial charge in [0, 0.05) is 36.6 Å². The van der Waals surface area contributed by atoms with Gasteiger partial charge in [-0.3, -0.25) is 14.5 Å². The van der Waals surface area contributed by atoms with E-state index in [2.05, 4.69) is 4.90 Å². The molecule has 1 aromatic carbocycles. The Balaban J connectivity index is 1.64.